The molecular weight excluding hydrogens is 711 g/mol. The maximum atomic E-state index is 12.3. The molecule has 4 N–H and O–H groups in total. The number of H-pyrrole nitrogens is 1. The van der Waals surface area contributed by atoms with Crippen molar-refractivity contribution in [2.45, 2.75) is 63.3 Å². The number of aryl methyl sites for hydroxylation is 1. The minimum absolute atomic E-state index is 0.183. The van der Waals surface area contributed by atoms with Crippen LogP contribution in [0.5, 0.6) is 5.75 Å². The molecule has 1 saturated carbocycles. The van der Waals surface area contributed by atoms with Gasteiger partial charge in [0, 0.05) is 55.5 Å². The first-order chi connectivity index (χ1) is 27.1. The van der Waals surface area contributed by atoms with Gasteiger partial charge in [-0.1, -0.05) is 48.5 Å². The number of methoxy groups -OCH3 is 1. The van der Waals surface area contributed by atoms with Gasteiger partial charge >= 0.3 is 11.8 Å². The monoisotopic (exact) mass is 753 g/mol. The van der Waals surface area contributed by atoms with Crippen molar-refractivity contribution in [2.24, 2.45) is 5.73 Å². The molecule has 9 rings (SSSR count). The zero-order chi connectivity index (χ0) is 38.7. The van der Waals surface area contributed by atoms with Crippen molar-refractivity contribution >= 4 is 45.3 Å². The summed E-state index contributed by atoms with van der Waals surface area (Å²) in [4.78, 5) is 57.5. The molecule has 2 aliphatic heterocycles. The fourth-order valence-corrected chi connectivity index (χ4v) is 8.83. The smallest absolute Gasteiger partial charge is 0.315 e. The number of benzene rings is 3. The number of nitrogens with two attached hydrogens (primary N) is 1. The lowest BCUT2D eigenvalue weighted by atomic mass is 9.74. The van der Waals surface area contributed by atoms with E-state index in [4.69, 9.17) is 20.0 Å². The number of primary amides is 1. The molecule has 0 bridgehead atoms. The maximum absolute atomic E-state index is 12.3. The Morgan fingerprint density at radius 2 is 1.77 bits per heavy atom. The molecule has 3 fully saturated rings. The van der Waals surface area contributed by atoms with Gasteiger partial charge in [-0.2, -0.15) is 4.98 Å². The number of carbonyl (C=O) groups is 3. The van der Waals surface area contributed by atoms with Crippen molar-refractivity contribution < 1.29 is 23.6 Å². The lowest BCUT2D eigenvalue weighted by Crippen LogP contribution is -2.53. The molecule has 1 aliphatic carbocycles. The van der Waals surface area contributed by atoms with Crippen LogP contribution in [0.15, 0.2) is 65.4 Å². The number of ether oxygens (including phenoxy) is 1. The molecule has 5 heterocycles. The molecule has 6 aromatic rings. The first-order valence-corrected chi connectivity index (χ1v) is 19.2. The molecule has 0 radical (unpaired) electrons. The first-order valence-electron chi connectivity index (χ1n) is 19.2. The zero-order valence-corrected chi connectivity index (χ0v) is 31.5. The van der Waals surface area contributed by atoms with Gasteiger partial charge in [0.05, 0.1) is 35.3 Å². The van der Waals surface area contributed by atoms with Crippen LogP contribution in [0.4, 0.5) is 5.69 Å². The van der Waals surface area contributed by atoms with Gasteiger partial charge in [-0.15, -0.1) is 0 Å². The van der Waals surface area contributed by atoms with E-state index in [9.17, 15) is 14.4 Å². The SMILES string of the molecule is COc1cc2c(cc1N1CCN(C3CC(c4ccc([C@H]5CCC(=O)NC5=O)cc4)C3)CC1)[nH]c1ncnc(-c3ccc([C@@H](C)c4noc(C(N)=O)n4)c(C)c3)c12. The van der Waals surface area contributed by atoms with E-state index in [0.717, 1.165) is 100 Å². The van der Waals surface area contributed by atoms with Crippen LogP contribution < -0.4 is 20.7 Å². The number of carbonyl (C=O) groups excluding carboxylic acids is 3. The highest BCUT2D eigenvalue weighted by Crippen LogP contribution is 2.43. The van der Waals surface area contributed by atoms with Crippen LogP contribution in [0.25, 0.3) is 33.2 Å². The minimum atomic E-state index is -0.755. The fourth-order valence-electron chi connectivity index (χ4n) is 8.83. The van der Waals surface area contributed by atoms with Gasteiger partial charge in [0.25, 0.3) is 0 Å². The summed E-state index contributed by atoms with van der Waals surface area (Å²) < 4.78 is 11.0. The highest BCUT2D eigenvalue weighted by atomic mass is 16.5. The standard InChI is InChI=1S/C42H43N9O5/c1-22-16-26(8-9-29(22)23(2)39-48-42(38(43)53)56-49-39)37-36-31-19-34(55-3)33(20-32(31)46-40(36)45-21-44-37)51-14-12-50(13-15-51)28-17-27(18-28)24-4-6-25(7-5-24)30-10-11-35(52)47-41(30)54/h4-9,16,19-21,23,27-28,30H,10-15,17-18H2,1-3H3,(H2,43,53)(H,44,45,46)(H,47,52,54)/t23-,27?,28?,30-/m1/s1. The summed E-state index contributed by atoms with van der Waals surface area (Å²) in [6.45, 7) is 7.73. The van der Waals surface area contributed by atoms with Gasteiger partial charge in [0.2, 0.25) is 11.8 Å². The highest BCUT2D eigenvalue weighted by Gasteiger charge is 2.37. The topological polar surface area (TPSA) is 185 Å². The van der Waals surface area contributed by atoms with E-state index < -0.39 is 5.91 Å². The summed E-state index contributed by atoms with van der Waals surface area (Å²) in [5.41, 5.74) is 14.2. The second kappa shape index (κ2) is 14.2. The molecule has 0 spiro atoms. The number of anilines is 1. The third-order valence-electron chi connectivity index (χ3n) is 12.1. The van der Waals surface area contributed by atoms with Crippen LogP contribution in [0.1, 0.15) is 89.1 Å². The molecule has 2 saturated heterocycles. The van der Waals surface area contributed by atoms with Gasteiger partial charge in [-0.05, 0) is 72.6 Å². The number of hydrogen-bond donors (Lipinski definition) is 3. The Hall–Kier alpha value is -6.15. The Morgan fingerprint density at radius 3 is 2.46 bits per heavy atom. The van der Waals surface area contributed by atoms with Crippen LogP contribution in [0.2, 0.25) is 0 Å². The van der Waals surface area contributed by atoms with Crippen molar-refractivity contribution in [3.63, 3.8) is 0 Å². The van der Waals surface area contributed by atoms with Crippen molar-refractivity contribution in [3.05, 3.63) is 94.9 Å². The Morgan fingerprint density at radius 1 is 1.00 bits per heavy atom. The highest BCUT2D eigenvalue weighted by molar-refractivity contribution is 6.13. The number of nitrogens with one attached hydrogen (secondary N) is 2. The van der Waals surface area contributed by atoms with Crippen LogP contribution in [-0.2, 0) is 9.59 Å². The van der Waals surface area contributed by atoms with Gasteiger partial charge in [-0.25, -0.2) is 9.97 Å². The van der Waals surface area contributed by atoms with E-state index in [0.29, 0.717) is 30.6 Å². The number of amides is 3. The molecule has 0 unspecified atom stereocenters. The third kappa shape index (κ3) is 6.33. The molecule has 286 valence electrons. The normalized spacial score (nSPS) is 20.9. The number of aromatic amines is 1. The third-order valence-corrected chi connectivity index (χ3v) is 12.1. The van der Waals surface area contributed by atoms with E-state index in [1.54, 1.807) is 13.4 Å². The number of nitrogens with zero attached hydrogens (tertiary/aromatic N) is 6. The average Bonchev–Trinajstić information content (AvgIpc) is 3.83. The molecule has 56 heavy (non-hydrogen) atoms. The molecular formula is C42H43N9O5. The van der Waals surface area contributed by atoms with Crippen LogP contribution in [0.3, 0.4) is 0 Å². The van der Waals surface area contributed by atoms with Crippen LogP contribution in [0, 0.1) is 6.92 Å². The number of piperazine rings is 1. The summed E-state index contributed by atoms with van der Waals surface area (Å²) in [7, 11) is 1.72. The number of fused-ring (bicyclic) bond motifs is 3. The number of aromatic nitrogens is 5. The number of rotatable bonds is 9. The second-order valence-corrected chi connectivity index (χ2v) is 15.3. The summed E-state index contributed by atoms with van der Waals surface area (Å²) >= 11 is 0. The Balaban J connectivity index is 0.883. The predicted octanol–water partition coefficient (Wildman–Crippen LogP) is 5.32. The Kier molecular flexibility index (Phi) is 8.99. The van der Waals surface area contributed by atoms with Crippen molar-refractivity contribution in [1.29, 1.82) is 0 Å². The van der Waals surface area contributed by atoms with Crippen molar-refractivity contribution in [1.82, 2.24) is 35.3 Å². The average molecular weight is 754 g/mol. The Bertz CT molecular complexity index is 2500. The largest absolute Gasteiger partial charge is 0.495 e. The fraction of sp³-hybridized carbons (Fsp3) is 0.357. The summed E-state index contributed by atoms with van der Waals surface area (Å²) in [6.07, 6.45) is 4.81. The Labute approximate surface area is 322 Å². The number of piperidine rings is 1. The molecule has 14 heteroatoms. The van der Waals surface area contributed by atoms with Crippen molar-refractivity contribution in [3.8, 4) is 17.0 Å². The van der Waals surface area contributed by atoms with Gasteiger partial charge in [0.1, 0.15) is 17.7 Å². The molecule has 3 aromatic heterocycles. The van der Waals surface area contributed by atoms with E-state index in [1.807, 2.05) is 26.0 Å². The van der Waals surface area contributed by atoms with E-state index in [-0.39, 0.29) is 29.5 Å². The number of hydrogen-bond acceptors (Lipinski definition) is 11. The molecule has 3 amide bonds. The lowest BCUT2D eigenvalue weighted by molar-refractivity contribution is -0.134. The maximum Gasteiger partial charge on any atom is 0.315 e. The first kappa shape index (κ1) is 35.5. The van der Waals surface area contributed by atoms with Gasteiger partial charge in [0.15, 0.2) is 5.82 Å². The molecule has 14 nitrogen and oxygen atoms in total. The quantitative estimate of drug-likeness (QED) is 0.162. The van der Waals surface area contributed by atoms with Crippen molar-refractivity contribution in [2.75, 3.05) is 38.2 Å². The molecule has 3 aliphatic rings. The van der Waals surface area contributed by atoms with E-state index >= 15 is 0 Å². The number of imide groups is 1. The minimum Gasteiger partial charge on any atom is -0.495 e. The van der Waals surface area contributed by atoms with Gasteiger partial charge < -0.3 is 24.9 Å². The lowest BCUT2D eigenvalue weighted by Gasteiger charge is -2.47. The summed E-state index contributed by atoms with van der Waals surface area (Å²) in [5.74, 6) is -0.0733. The predicted molar refractivity (Wildman–Crippen MR) is 210 cm³/mol. The van der Waals surface area contributed by atoms with Crippen LogP contribution >= 0.6 is 0 Å². The second-order valence-electron chi connectivity index (χ2n) is 15.3. The van der Waals surface area contributed by atoms with E-state index in [2.05, 4.69) is 77.7 Å². The molecule has 3 aromatic carbocycles. The molecule has 2 atom stereocenters. The van der Waals surface area contributed by atoms with Gasteiger partial charge in [-0.3, -0.25) is 24.6 Å². The van der Waals surface area contributed by atoms with Crippen LogP contribution in [-0.4, -0.2) is 87.0 Å². The van der Waals surface area contributed by atoms with E-state index in [1.165, 1.54) is 5.56 Å². The summed E-state index contributed by atoms with van der Waals surface area (Å²) in [5, 5.41) is 8.34. The summed E-state index contributed by atoms with van der Waals surface area (Å²) in [6, 6.07) is 19.5. The zero-order valence-electron chi connectivity index (χ0n) is 31.5.